The number of alkyl halides is 3. The highest BCUT2D eigenvalue weighted by Gasteiger charge is 2.39. The van der Waals surface area contributed by atoms with Crippen LogP contribution in [0.1, 0.15) is 16.8 Å². The lowest BCUT2D eigenvalue weighted by atomic mass is 10.1. The normalized spacial score (nSPS) is 11.7. The fourth-order valence-electron chi connectivity index (χ4n) is 2.36. The Morgan fingerprint density at radius 3 is 2.22 bits per heavy atom. The molecule has 0 spiro atoms. The van der Waals surface area contributed by atoms with Gasteiger partial charge in [-0.1, -0.05) is 65.4 Å². The highest BCUT2D eigenvalue weighted by Crippen LogP contribution is 2.35. The Bertz CT molecular complexity index is 790. The second-order valence-electron chi connectivity index (χ2n) is 5.29. The number of hydrogen-bond acceptors (Lipinski definition) is 2. The van der Waals surface area contributed by atoms with E-state index in [9.17, 15) is 13.2 Å². The van der Waals surface area contributed by atoms with Crippen LogP contribution in [0, 0.1) is 6.92 Å². The van der Waals surface area contributed by atoms with Gasteiger partial charge in [-0.3, -0.25) is 0 Å². The predicted molar refractivity (Wildman–Crippen MR) is 80.7 cm³/mol. The molecule has 0 aliphatic heterocycles. The number of benzene rings is 2. The molecule has 0 atom stereocenters. The van der Waals surface area contributed by atoms with Gasteiger partial charge in [0, 0.05) is 5.56 Å². The molecule has 3 nitrogen and oxygen atoms in total. The van der Waals surface area contributed by atoms with Gasteiger partial charge in [0.05, 0.1) is 6.54 Å². The first-order valence-electron chi connectivity index (χ1n) is 7.07. The lowest BCUT2D eigenvalue weighted by Crippen LogP contribution is -2.16. The van der Waals surface area contributed by atoms with Crippen molar-refractivity contribution in [2.24, 2.45) is 0 Å². The molecule has 0 unspecified atom stereocenters. The SMILES string of the molecule is Cc1ccc(Cn2nnc(-c3ccccc3)c2C(F)(F)F)cc1. The maximum Gasteiger partial charge on any atom is 0.435 e. The third-order valence-corrected chi connectivity index (χ3v) is 3.50. The maximum atomic E-state index is 13.5. The highest BCUT2D eigenvalue weighted by molar-refractivity contribution is 5.61. The molecule has 1 heterocycles. The van der Waals surface area contributed by atoms with Gasteiger partial charge < -0.3 is 0 Å². The number of halogens is 3. The Morgan fingerprint density at radius 2 is 1.61 bits per heavy atom. The van der Waals surface area contributed by atoms with E-state index in [0.29, 0.717) is 5.56 Å². The van der Waals surface area contributed by atoms with Crippen molar-refractivity contribution in [1.82, 2.24) is 15.0 Å². The van der Waals surface area contributed by atoms with E-state index in [1.54, 1.807) is 42.5 Å². The Labute approximate surface area is 131 Å². The van der Waals surface area contributed by atoms with Crippen LogP contribution in [-0.4, -0.2) is 15.0 Å². The molecular weight excluding hydrogens is 303 g/mol. The standard InChI is InChI=1S/C17H14F3N3/c1-12-7-9-13(10-8-12)11-23-16(17(18,19)20)15(21-22-23)14-5-3-2-4-6-14/h2-10H,11H2,1H3. The molecule has 0 amide bonds. The first kappa shape index (κ1) is 15.3. The van der Waals surface area contributed by atoms with E-state index in [1.807, 2.05) is 19.1 Å². The zero-order valence-electron chi connectivity index (χ0n) is 12.4. The van der Waals surface area contributed by atoms with Gasteiger partial charge in [-0.2, -0.15) is 13.2 Å². The van der Waals surface area contributed by atoms with Gasteiger partial charge in [-0.05, 0) is 12.5 Å². The van der Waals surface area contributed by atoms with E-state index in [4.69, 9.17) is 0 Å². The first-order chi connectivity index (χ1) is 10.9. The highest BCUT2D eigenvalue weighted by atomic mass is 19.4. The van der Waals surface area contributed by atoms with Crippen LogP contribution in [0.5, 0.6) is 0 Å². The second-order valence-corrected chi connectivity index (χ2v) is 5.29. The topological polar surface area (TPSA) is 30.7 Å². The summed E-state index contributed by atoms with van der Waals surface area (Å²) in [7, 11) is 0. The average molecular weight is 317 g/mol. The fraction of sp³-hybridized carbons (Fsp3) is 0.176. The summed E-state index contributed by atoms with van der Waals surface area (Å²) in [5.41, 5.74) is 1.21. The van der Waals surface area contributed by atoms with Gasteiger partial charge >= 0.3 is 6.18 Å². The third-order valence-electron chi connectivity index (χ3n) is 3.50. The summed E-state index contributed by atoms with van der Waals surface area (Å²) in [6.07, 6.45) is -4.53. The second kappa shape index (κ2) is 5.87. The lowest BCUT2D eigenvalue weighted by molar-refractivity contribution is -0.143. The molecule has 3 rings (SSSR count). The lowest BCUT2D eigenvalue weighted by Gasteiger charge is -2.11. The van der Waals surface area contributed by atoms with Gasteiger partial charge in [0.2, 0.25) is 0 Å². The largest absolute Gasteiger partial charge is 0.435 e. The summed E-state index contributed by atoms with van der Waals surface area (Å²) < 4.78 is 41.4. The van der Waals surface area contributed by atoms with Crippen LogP contribution >= 0.6 is 0 Å². The van der Waals surface area contributed by atoms with Crippen molar-refractivity contribution in [3.05, 3.63) is 71.4 Å². The molecule has 0 saturated carbocycles. The van der Waals surface area contributed by atoms with Gasteiger partial charge in [-0.15, -0.1) is 5.10 Å². The molecule has 0 N–H and O–H groups in total. The summed E-state index contributed by atoms with van der Waals surface area (Å²) in [5.74, 6) is 0. The maximum absolute atomic E-state index is 13.5. The van der Waals surface area contributed by atoms with Crippen molar-refractivity contribution >= 4 is 0 Å². The predicted octanol–water partition coefficient (Wildman–Crippen LogP) is 4.32. The van der Waals surface area contributed by atoms with Crippen molar-refractivity contribution in [3.8, 4) is 11.3 Å². The Balaban J connectivity index is 2.04. The first-order valence-corrected chi connectivity index (χ1v) is 7.07. The van der Waals surface area contributed by atoms with E-state index in [0.717, 1.165) is 15.8 Å². The number of nitrogens with zero attached hydrogens (tertiary/aromatic N) is 3. The zero-order valence-corrected chi connectivity index (χ0v) is 12.4. The number of aryl methyl sites for hydroxylation is 1. The molecule has 3 aromatic rings. The van der Waals surface area contributed by atoms with Crippen LogP contribution < -0.4 is 0 Å². The number of aromatic nitrogens is 3. The van der Waals surface area contributed by atoms with Crippen LogP contribution in [0.4, 0.5) is 13.2 Å². The van der Waals surface area contributed by atoms with Crippen molar-refractivity contribution in [3.63, 3.8) is 0 Å². The van der Waals surface area contributed by atoms with Crippen LogP contribution in [0.3, 0.4) is 0 Å². The van der Waals surface area contributed by atoms with E-state index in [-0.39, 0.29) is 12.2 Å². The summed E-state index contributed by atoms with van der Waals surface area (Å²) in [6.45, 7) is 1.95. The van der Waals surface area contributed by atoms with Crippen molar-refractivity contribution in [2.75, 3.05) is 0 Å². The summed E-state index contributed by atoms with van der Waals surface area (Å²) in [5, 5.41) is 7.48. The van der Waals surface area contributed by atoms with E-state index >= 15 is 0 Å². The monoisotopic (exact) mass is 317 g/mol. The quantitative estimate of drug-likeness (QED) is 0.720. The fourth-order valence-corrected chi connectivity index (χ4v) is 2.36. The molecule has 6 heteroatoms. The molecule has 2 aromatic carbocycles. The molecule has 0 saturated heterocycles. The minimum Gasteiger partial charge on any atom is -0.235 e. The number of hydrogen-bond donors (Lipinski definition) is 0. The smallest absolute Gasteiger partial charge is 0.235 e. The van der Waals surface area contributed by atoms with Crippen molar-refractivity contribution in [2.45, 2.75) is 19.6 Å². The van der Waals surface area contributed by atoms with E-state index in [2.05, 4.69) is 10.3 Å². The van der Waals surface area contributed by atoms with Crippen LogP contribution in [0.2, 0.25) is 0 Å². The summed E-state index contributed by atoms with van der Waals surface area (Å²) in [4.78, 5) is 0. The number of rotatable bonds is 3. The molecule has 1 aromatic heterocycles. The minimum atomic E-state index is -4.53. The molecule has 23 heavy (non-hydrogen) atoms. The minimum absolute atomic E-state index is 0.0228. The molecular formula is C17H14F3N3. The molecule has 0 aliphatic carbocycles. The Morgan fingerprint density at radius 1 is 0.957 bits per heavy atom. The Hall–Kier alpha value is -2.63. The molecule has 0 aliphatic rings. The molecule has 0 bridgehead atoms. The van der Waals surface area contributed by atoms with Crippen LogP contribution in [0.15, 0.2) is 54.6 Å². The van der Waals surface area contributed by atoms with Crippen molar-refractivity contribution < 1.29 is 13.2 Å². The zero-order chi connectivity index (χ0) is 16.4. The average Bonchev–Trinajstić information content (AvgIpc) is 2.94. The van der Waals surface area contributed by atoms with E-state index in [1.165, 1.54) is 0 Å². The van der Waals surface area contributed by atoms with Gasteiger partial charge in [0.1, 0.15) is 5.69 Å². The van der Waals surface area contributed by atoms with Crippen molar-refractivity contribution in [1.29, 1.82) is 0 Å². The third kappa shape index (κ3) is 3.26. The summed E-state index contributed by atoms with van der Waals surface area (Å²) >= 11 is 0. The van der Waals surface area contributed by atoms with Crippen LogP contribution in [-0.2, 0) is 12.7 Å². The van der Waals surface area contributed by atoms with Crippen LogP contribution in [0.25, 0.3) is 11.3 Å². The summed E-state index contributed by atoms with van der Waals surface area (Å²) in [6, 6.07) is 15.6. The molecule has 118 valence electrons. The molecule has 0 fully saturated rings. The van der Waals surface area contributed by atoms with E-state index < -0.39 is 11.9 Å². The molecule has 0 radical (unpaired) electrons. The Kier molecular flexibility index (Phi) is 3.90. The van der Waals surface area contributed by atoms with Gasteiger partial charge in [0.25, 0.3) is 0 Å². The van der Waals surface area contributed by atoms with Gasteiger partial charge in [0.15, 0.2) is 5.69 Å². The van der Waals surface area contributed by atoms with Gasteiger partial charge in [-0.25, -0.2) is 4.68 Å².